The first-order chi connectivity index (χ1) is 8.22. The van der Waals surface area contributed by atoms with Gasteiger partial charge < -0.3 is 5.32 Å². The molecule has 4 nitrogen and oxygen atoms in total. The van der Waals surface area contributed by atoms with Crippen LogP contribution in [0.3, 0.4) is 0 Å². The van der Waals surface area contributed by atoms with E-state index in [0.29, 0.717) is 12.1 Å². The van der Waals surface area contributed by atoms with Crippen molar-refractivity contribution in [3.8, 4) is 12.3 Å². The van der Waals surface area contributed by atoms with Crippen LogP contribution in [0.2, 0.25) is 0 Å². The second-order valence-corrected chi connectivity index (χ2v) is 3.90. The van der Waals surface area contributed by atoms with E-state index in [1.807, 2.05) is 31.2 Å². The van der Waals surface area contributed by atoms with Crippen molar-refractivity contribution < 1.29 is 4.79 Å². The fraction of sp³-hybridized carbons (Fsp3) is 0.231. The molecule has 17 heavy (non-hydrogen) atoms. The Kier molecular flexibility index (Phi) is 3.10. The summed E-state index contributed by atoms with van der Waals surface area (Å²) in [6.45, 7) is 1.87. The van der Waals surface area contributed by atoms with E-state index < -0.39 is 0 Å². The molecule has 1 atom stereocenters. The van der Waals surface area contributed by atoms with Gasteiger partial charge in [0, 0.05) is 17.8 Å². The van der Waals surface area contributed by atoms with E-state index >= 15 is 0 Å². The van der Waals surface area contributed by atoms with Gasteiger partial charge in [-0.2, -0.15) is 5.10 Å². The third-order valence-electron chi connectivity index (χ3n) is 2.49. The SMILES string of the molecule is C#CCC(C)NC(=O)c1n[nH]c2ccccc12. The van der Waals surface area contributed by atoms with Crippen molar-refractivity contribution in [3.63, 3.8) is 0 Å². The van der Waals surface area contributed by atoms with Crippen LogP contribution in [0.5, 0.6) is 0 Å². The Morgan fingerprint density at radius 3 is 3.12 bits per heavy atom. The zero-order valence-electron chi connectivity index (χ0n) is 9.53. The fourth-order valence-corrected chi connectivity index (χ4v) is 1.66. The molecule has 4 heteroatoms. The third kappa shape index (κ3) is 2.28. The Labute approximate surface area is 99.4 Å². The molecular weight excluding hydrogens is 214 g/mol. The van der Waals surface area contributed by atoms with E-state index in [4.69, 9.17) is 6.42 Å². The van der Waals surface area contributed by atoms with Crippen molar-refractivity contribution in [2.24, 2.45) is 0 Å². The quantitative estimate of drug-likeness (QED) is 0.784. The molecule has 1 aromatic heterocycles. The molecule has 1 heterocycles. The molecule has 86 valence electrons. The molecule has 0 saturated heterocycles. The van der Waals surface area contributed by atoms with E-state index in [0.717, 1.165) is 10.9 Å². The number of benzene rings is 1. The number of carbonyl (C=O) groups is 1. The number of aromatic nitrogens is 2. The Balaban J connectivity index is 2.23. The number of rotatable bonds is 3. The van der Waals surface area contributed by atoms with Gasteiger partial charge >= 0.3 is 0 Å². The molecule has 0 aliphatic rings. The Morgan fingerprint density at radius 2 is 2.35 bits per heavy atom. The van der Waals surface area contributed by atoms with Crippen LogP contribution in [-0.2, 0) is 0 Å². The molecule has 0 radical (unpaired) electrons. The number of amides is 1. The van der Waals surface area contributed by atoms with Gasteiger partial charge in [0.05, 0.1) is 5.52 Å². The summed E-state index contributed by atoms with van der Waals surface area (Å²) in [7, 11) is 0. The lowest BCUT2D eigenvalue weighted by Crippen LogP contribution is -2.32. The van der Waals surface area contributed by atoms with Gasteiger partial charge in [-0.3, -0.25) is 9.89 Å². The highest BCUT2D eigenvalue weighted by Crippen LogP contribution is 2.14. The number of hydrogen-bond donors (Lipinski definition) is 2. The Bertz CT molecular complexity index is 580. The molecule has 2 rings (SSSR count). The second kappa shape index (κ2) is 4.71. The van der Waals surface area contributed by atoms with Crippen molar-refractivity contribution in [2.45, 2.75) is 19.4 Å². The van der Waals surface area contributed by atoms with E-state index in [2.05, 4.69) is 21.4 Å². The summed E-state index contributed by atoms with van der Waals surface area (Å²) in [6, 6.07) is 7.45. The van der Waals surface area contributed by atoms with Crippen LogP contribution < -0.4 is 5.32 Å². The van der Waals surface area contributed by atoms with Gasteiger partial charge in [-0.25, -0.2) is 0 Å². The lowest BCUT2D eigenvalue weighted by atomic mass is 10.2. The Morgan fingerprint density at radius 1 is 1.59 bits per heavy atom. The number of H-pyrrole nitrogens is 1. The van der Waals surface area contributed by atoms with Crippen LogP contribution in [0.4, 0.5) is 0 Å². The maximum absolute atomic E-state index is 11.9. The number of nitrogens with one attached hydrogen (secondary N) is 2. The first kappa shape index (κ1) is 11.2. The highest BCUT2D eigenvalue weighted by molar-refractivity contribution is 6.04. The van der Waals surface area contributed by atoms with Crippen molar-refractivity contribution in [3.05, 3.63) is 30.0 Å². The zero-order chi connectivity index (χ0) is 12.3. The molecule has 0 aliphatic carbocycles. The third-order valence-corrected chi connectivity index (χ3v) is 2.49. The van der Waals surface area contributed by atoms with Crippen LogP contribution in [0.1, 0.15) is 23.8 Å². The summed E-state index contributed by atoms with van der Waals surface area (Å²) in [4.78, 5) is 11.9. The topological polar surface area (TPSA) is 57.8 Å². The van der Waals surface area contributed by atoms with Gasteiger partial charge in [0.25, 0.3) is 5.91 Å². The van der Waals surface area contributed by atoms with Crippen molar-refractivity contribution in [1.82, 2.24) is 15.5 Å². The Hall–Kier alpha value is -2.28. The van der Waals surface area contributed by atoms with Crippen molar-refractivity contribution in [1.29, 1.82) is 0 Å². The average Bonchev–Trinajstić information content (AvgIpc) is 2.72. The highest BCUT2D eigenvalue weighted by Gasteiger charge is 2.15. The molecule has 1 amide bonds. The molecule has 0 saturated carbocycles. The predicted molar refractivity (Wildman–Crippen MR) is 66.5 cm³/mol. The van der Waals surface area contributed by atoms with Crippen LogP contribution in [0.25, 0.3) is 10.9 Å². The minimum Gasteiger partial charge on any atom is -0.347 e. The molecule has 1 aromatic carbocycles. The highest BCUT2D eigenvalue weighted by atomic mass is 16.2. The number of aromatic amines is 1. The second-order valence-electron chi connectivity index (χ2n) is 3.90. The van der Waals surface area contributed by atoms with Gasteiger partial charge in [0.2, 0.25) is 0 Å². The van der Waals surface area contributed by atoms with Crippen LogP contribution >= 0.6 is 0 Å². The predicted octanol–water partition coefficient (Wildman–Crippen LogP) is 1.70. The molecule has 0 aliphatic heterocycles. The minimum atomic E-state index is -0.204. The number of fused-ring (bicyclic) bond motifs is 1. The maximum Gasteiger partial charge on any atom is 0.272 e. The summed E-state index contributed by atoms with van der Waals surface area (Å²) in [5.74, 6) is 2.31. The number of hydrogen-bond acceptors (Lipinski definition) is 2. The molecule has 0 bridgehead atoms. The molecule has 2 N–H and O–H groups in total. The van der Waals surface area contributed by atoms with Crippen LogP contribution in [-0.4, -0.2) is 22.1 Å². The van der Waals surface area contributed by atoms with Gasteiger partial charge in [-0.15, -0.1) is 12.3 Å². The largest absolute Gasteiger partial charge is 0.347 e. The van der Waals surface area contributed by atoms with Crippen molar-refractivity contribution >= 4 is 16.8 Å². The maximum atomic E-state index is 11.9. The summed E-state index contributed by atoms with van der Waals surface area (Å²) >= 11 is 0. The normalized spacial score (nSPS) is 12.0. The molecule has 0 fully saturated rings. The van der Waals surface area contributed by atoms with E-state index in [-0.39, 0.29) is 11.9 Å². The lowest BCUT2D eigenvalue weighted by molar-refractivity contribution is 0.0937. The van der Waals surface area contributed by atoms with Gasteiger partial charge in [-0.1, -0.05) is 18.2 Å². The van der Waals surface area contributed by atoms with Crippen LogP contribution in [0, 0.1) is 12.3 Å². The van der Waals surface area contributed by atoms with Gasteiger partial charge in [-0.05, 0) is 13.0 Å². The average molecular weight is 227 g/mol. The first-order valence-corrected chi connectivity index (χ1v) is 5.40. The minimum absolute atomic E-state index is 0.0528. The standard InChI is InChI=1S/C13H13N3O/c1-3-6-9(2)14-13(17)12-10-7-4-5-8-11(10)15-16-12/h1,4-5,7-9H,6H2,2H3,(H,14,17)(H,15,16). The number of carbonyl (C=O) groups excluding carboxylic acids is 1. The molecular formula is C13H13N3O. The summed E-state index contributed by atoms with van der Waals surface area (Å²) in [6.07, 6.45) is 5.70. The van der Waals surface area contributed by atoms with Gasteiger partial charge in [0.1, 0.15) is 0 Å². The van der Waals surface area contributed by atoms with Crippen LogP contribution in [0.15, 0.2) is 24.3 Å². The number of para-hydroxylation sites is 1. The molecule has 1 unspecified atom stereocenters. The number of nitrogens with zero attached hydrogens (tertiary/aromatic N) is 1. The molecule has 0 spiro atoms. The fourth-order valence-electron chi connectivity index (χ4n) is 1.66. The lowest BCUT2D eigenvalue weighted by Gasteiger charge is -2.09. The van der Waals surface area contributed by atoms with E-state index in [9.17, 15) is 4.79 Å². The first-order valence-electron chi connectivity index (χ1n) is 5.40. The van der Waals surface area contributed by atoms with Gasteiger partial charge in [0.15, 0.2) is 5.69 Å². The summed E-state index contributed by atoms with van der Waals surface area (Å²) in [5, 5.41) is 10.5. The smallest absolute Gasteiger partial charge is 0.272 e. The summed E-state index contributed by atoms with van der Waals surface area (Å²) < 4.78 is 0. The number of terminal acetylenes is 1. The van der Waals surface area contributed by atoms with E-state index in [1.54, 1.807) is 0 Å². The summed E-state index contributed by atoms with van der Waals surface area (Å²) in [5.41, 5.74) is 1.26. The monoisotopic (exact) mass is 227 g/mol. The van der Waals surface area contributed by atoms with E-state index in [1.165, 1.54) is 0 Å². The zero-order valence-corrected chi connectivity index (χ0v) is 9.53. The van der Waals surface area contributed by atoms with Crippen molar-refractivity contribution in [2.75, 3.05) is 0 Å². The molecule has 2 aromatic rings.